The summed E-state index contributed by atoms with van der Waals surface area (Å²) >= 11 is 5.93. The van der Waals surface area contributed by atoms with Crippen LogP contribution in [0.3, 0.4) is 0 Å². The zero-order valence-corrected chi connectivity index (χ0v) is 19.3. The molecule has 0 bridgehead atoms. The molecule has 9 nitrogen and oxygen atoms in total. The minimum absolute atomic E-state index is 0.0431. The molecule has 5 rings (SSSR count). The molecule has 1 amide bonds. The van der Waals surface area contributed by atoms with E-state index in [0.717, 1.165) is 25.0 Å². The molecule has 0 N–H and O–H groups in total. The molecule has 3 aromatic rings. The number of anilines is 1. The third-order valence-electron chi connectivity index (χ3n) is 6.00. The van der Waals surface area contributed by atoms with E-state index in [0.29, 0.717) is 66.6 Å². The van der Waals surface area contributed by atoms with E-state index < -0.39 is 0 Å². The first kappa shape index (κ1) is 21.9. The van der Waals surface area contributed by atoms with Crippen LogP contribution < -0.4 is 9.64 Å². The van der Waals surface area contributed by atoms with Crippen molar-refractivity contribution < 1.29 is 18.7 Å². The Bertz CT molecular complexity index is 1140. The molecule has 1 atom stereocenters. The third kappa shape index (κ3) is 4.89. The van der Waals surface area contributed by atoms with Crippen LogP contribution in [0.4, 0.5) is 6.01 Å². The van der Waals surface area contributed by atoms with Crippen LogP contribution in [0.5, 0.6) is 5.88 Å². The number of carbonyl (C=O) groups is 1. The first-order valence-corrected chi connectivity index (χ1v) is 11.6. The number of hydrogen-bond donors (Lipinski definition) is 0. The highest BCUT2D eigenvalue weighted by atomic mass is 35.5. The second-order valence-corrected chi connectivity index (χ2v) is 8.76. The van der Waals surface area contributed by atoms with Crippen LogP contribution >= 0.6 is 11.6 Å². The van der Waals surface area contributed by atoms with E-state index >= 15 is 0 Å². The van der Waals surface area contributed by atoms with Gasteiger partial charge in [-0.15, -0.1) is 0 Å². The quantitative estimate of drug-likeness (QED) is 0.522. The van der Waals surface area contributed by atoms with Crippen molar-refractivity contribution in [2.24, 2.45) is 0 Å². The molecule has 2 aliphatic rings. The molecule has 0 radical (unpaired) electrons. The predicted molar refractivity (Wildman–Crippen MR) is 123 cm³/mol. The van der Waals surface area contributed by atoms with Crippen LogP contribution in [0.2, 0.25) is 5.15 Å². The van der Waals surface area contributed by atoms with Gasteiger partial charge in [-0.05, 0) is 44.4 Å². The van der Waals surface area contributed by atoms with Crippen LogP contribution in [0.15, 0.2) is 28.8 Å². The van der Waals surface area contributed by atoms with Crippen LogP contribution in [0, 0.1) is 6.92 Å². The monoisotopic (exact) mass is 471 g/mol. The topological polar surface area (TPSA) is 93.8 Å². The number of aromatic nitrogens is 3. The Labute approximate surface area is 196 Å². The van der Waals surface area contributed by atoms with E-state index in [-0.39, 0.29) is 12.0 Å². The van der Waals surface area contributed by atoms with Gasteiger partial charge < -0.3 is 23.7 Å². The van der Waals surface area contributed by atoms with Crippen LogP contribution in [0.1, 0.15) is 35.2 Å². The molecule has 0 spiro atoms. The maximum Gasteiger partial charge on any atom is 0.300 e. The average Bonchev–Trinajstić information content (AvgIpc) is 3.27. The fourth-order valence-electron chi connectivity index (χ4n) is 4.14. The number of ether oxygens (including phenoxy) is 2. The Hall–Kier alpha value is -2.91. The molecular weight excluding hydrogens is 446 g/mol. The summed E-state index contributed by atoms with van der Waals surface area (Å²) in [6.45, 7) is 5.53. The van der Waals surface area contributed by atoms with Crippen molar-refractivity contribution >= 4 is 34.8 Å². The lowest BCUT2D eigenvalue weighted by Crippen LogP contribution is -2.49. The molecule has 2 saturated heterocycles. The number of rotatable bonds is 5. The molecule has 33 heavy (non-hydrogen) atoms. The van der Waals surface area contributed by atoms with Gasteiger partial charge in [0.25, 0.3) is 11.9 Å². The maximum absolute atomic E-state index is 13.0. The van der Waals surface area contributed by atoms with Crippen molar-refractivity contribution in [1.29, 1.82) is 0 Å². The molecule has 0 saturated carbocycles. The van der Waals surface area contributed by atoms with Crippen LogP contribution in [-0.4, -0.2) is 71.3 Å². The van der Waals surface area contributed by atoms with Crippen molar-refractivity contribution in [2.75, 3.05) is 44.3 Å². The molecule has 0 aromatic carbocycles. The van der Waals surface area contributed by atoms with Crippen molar-refractivity contribution in [1.82, 2.24) is 19.9 Å². The summed E-state index contributed by atoms with van der Waals surface area (Å²) in [5, 5.41) is 0.375. The standard InChI is InChI=1S/C23H26ClN5O4/c1-15-12-16(13-25-21(15)32-14-17-4-2-3-11-31-17)22(30)28-7-9-29(10-8-28)23-27-20-18(33-23)5-6-19(24)26-20/h5-6,12-13,17H,2-4,7-11,14H2,1H3. The van der Waals surface area contributed by atoms with Gasteiger partial charge in [-0.3, -0.25) is 4.79 Å². The molecule has 0 aliphatic carbocycles. The summed E-state index contributed by atoms with van der Waals surface area (Å²) in [6.07, 6.45) is 5.00. The largest absolute Gasteiger partial charge is 0.475 e. The third-order valence-corrected chi connectivity index (χ3v) is 6.21. The number of piperazine rings is 1. The van der Waals surface area contributed by atoms with Gasteiger partial charge >= 0.3 is 0 Å². The Balaban J connectivity index is 1.18. The highest BCUT2D eigenvalue weighted by Crippen LogP contribution is 2.24. The molecule has 174 valence electrons. The lowest BCUT2D eigenvalue weighted by atomic mass is 10.1. The van der Waals surface area contributed by atoms with E-state index in [1.165, 1.54) is 6.42 Å². The van der Waals surface area contributed by atoms with Gasteiger partial charge in [0.15, 0.2) is 5.58 Å². The van der Waals surface area contributed by atoms with Gasteiger partial charge in [0.2, 0.25) is 11.5 Å². The van der Waals surface area contributed by atoms with Crippen molar-refractivity contribution in [2.45, 2.75) is 32.3 Å². The lowest BCUT2D eigenvalue weighted by Gasteiger charge is -2.33. The highest BCUT2D eigenvalue weighted by Gasteiger charge is 2.26. The summed E-state index contributed by atoms with van der Waals surface area (Å²) in [5.41, 5.74) is 2.47. The molecular formula is C23H26ClN5O4. The molecule has 1 unspecified atom stereocenters. The highest BCUT2D eigenvalue weighted by molar-refractivity contribution is 6.29. The van der Waals surface area contributed by atoms with Gasteiger partial charge in [0, 0.05) is 44.5 Å². The van der Waals surface area contributed by atoms with E-state index in [4.69, 9.17) is 25.5 Å². The number of aryl methyl sites for hydroxylation is 1. The molecule has 2 fully saturated rings. The zero-order chi connectivity index (χ0) is 22.8. The summed E-state index contributed by atoms with van der Waals surface area (Å²) in [5.74, 6) is 0.508. The normalized spacial score (nSPS) is 19.2. The second-order valence-electron chi connectivity index (χ2n) is 8.38. The Morgan fingerprint density at radius 2 is 2.06 bits per heavy atom. The van der Waals surface area contributed by atoms with E-state index in [1.807, 2.05) is 22.8 Å². The van der Waals surface area contributed by atoms with E-state index in [2.05, 4.69) is 15.0 Å². The second kappa shape index (κ2) is 9.52. The molecule has 5 heterocycles. The summed E-state index contributed by atoms with van der Waals surface area (Å²) in [4.78, 5) is 29.9. The van der Waals surface area contributed by atoms with Crippen molar-refractivity contribution in [3.63, 3.8) is 0 Å². The Kier molecular flexibility index (Phi) is 6.32. The number of oxazole rings is 1. The number of amides is 1. The number of fused-ring (bicyclic) bond motifs is 1. The summed E-state index contributed by atoms with van der Waals surface area (Å²) in [6, 6.07) is 5.76. The van der Waals surface area contributed by atoms with E-state index in [9.17, 15) is 4.79 Å². The number of halogens is 1. The fourth-order valence-corrected chi connectivity index (χ4v) is 4.29. The molecule has 3 aromatic heterocycles. The predicted octanol–water partition coefficient (Wildman–Crippen LogP) is 3.49. The molecule has 2 aliphatic heterocycles. The minimum Gasteiger partial charge on any atom is -0.475 e. The Morgan fingerprint density at radius 1 is 1.21 bits per heavy atom. The zero-order valence-electron chi connectivity index (χ0n) is 18.5. The summed E-state index contributed by atoms with van der Waals surface area (Å²) < 4.78 is 17.4. The van der Waals surface area contributed by atoms with Gasteiger partial charge in [-0.1, -0.05) is 11.6 Å². The first-order valence-electron chi connectivity index (χ1n) is 11.3. The first-order chi connectivity index (χ1) is 16.1. The van der Waals surface area contributed by atoms with Gasteiger partial charge in [0.05, 0.1) is 11.7 Å². The number of nitrogens with zero attached hydrogens (tertiary/aromatic N) is 5. The molecule has 10 heteroatoms. The van der Waals surface area contributed by atoms with Crippen molar-refractivity contribution in [3.05, 3.63) is 40.7 Å². The van der Waals surface area contributed by atoms with Crippen molar-refractivity contribution in [3.8, 4) is 5.88 Å². The Morgan fingerprint density at radius 3 is 2.82 bits per heavy atom. The van der Waals surface area contributed by atoms with Gasteiger partial charge in [-0.25, -0.2) is 9.97 Å². The van der Waals surface area contributed by atoms with Crippen LogP contribution in [-0.2, 0) is 4.74 Å². The maximum atomic E-state index is 13.0. The number of carbonyl (C=O) groups excluding carboxylic acids is 1. The lowest BCUT2D eigenvalue weighted by molar-refractivity contribution is -0.0120. The van der Waals surface area contributed by atoms with Crippen LogP contribution in [0.25, 0.3) is 11.2 Å². The number of pyridine rings is 2. The smallest absolute Gasteiger partial charge is 0.300 e. The van der Waals surface area contributed by atoms with Gasteiger partial charge in [0.1, 0.15) is 11.8 Å². The number of hydrogen-bond acceptors (Lipinski definition) is 8. The average molecular weight is 472 g/mol. The fraction of sp³-hybridized carbons (Fsp3) is 0.478. The summed E-state index contributed by atoms with van der Waals surface area (Å²) in [7, 11) is 0. The van der Waals surface area contributed by atoms with Gasteiger partial charge in [-0.2, -0.15) is 4.98 Å². The minimum atomic E-state index is -0.0431. The SMILES string of the molecule is Cc1cc(C(=O)N2CCN(c3nc4nc(Cl)ccc4o3)CC2)cnc1OCC1CCCCO1. The van der Waals surface area contributed by atoms with E-state index in [1.54, 1.807) is 18.3 Å².